The summed E-state index contributed by atoms with van der Waals surface area (Å²) in [5.41, 5.74) is 0. The van der Waals surface area contributed by atoms with Crippen molar-refractivity contribution in [3.63, 3.8) is 0 Å². The van der Waals surface area contributed by atoms with E-state index in [4.69, 9.17) is 14.2 Å². The number of carbonyl (C=O) groups is 3. The standard InChI is InChI=1S/C75H118O6/c1-4-7-10-13-16-19-22-25-28-31-34-36-37-39-41-44-47-50-53-56-59-62-65-68-74(77)80-71-72(70-79-73(76)67-64-61-58-55-52-49-46-43-40-33-30-27-24-21-18-15-12-9-6-3)81-75(78)69-66-63-60-57-54-51-48-45-42-38-35-32-29-26-23-20-17-14-11-8-5-2/h7-12,16-21,25-30,34-36,38-41,43,47,50,72H,4-6,13-15,22-24,31-33,37,42,44-46,48-49,51-71H2,1-3H3/b10-7-,11-8-,12-9-,19-16-,20-17-,21-18-,28-25-,29-26-,30-27-,36-34-,38-35-,41-39-,43-40-,50-47-. The zero-order valence-electron chi connectivity index (χ0n) is 52.0. The SMILES string of the molecule is CC/C=C\C/C=C\C/C=C\C/C=C\C/C=C\C/C=C\CCCCCCC(=O)OCC(COC(=O)CCCCCCCC/C=C\C/C=C\C/C=C\C/C=C\CC)OC(=O)CCCCCCCCCC/C=C\C/C=C\C/C=C\C/C=C\CC. The first-order valence-corrected chi connectivity index (χ1v) is 32.6. The molecule has 0 aliphatic heterocycles. The summed E-state index contributed by atoms with van der Waals surface area (Å²) >= 11 is 0. The predicted octanol–water partition coefficient (Wildman–Crippen LogP) is 22.7. The van der Waals surface area contributed by atoms with Crippen molar-refractivity contribution in [3.05, 3.63) is 170 Å². The minimum atomic E-state index is -0.811. The predicted molar refractivity (Wildman–Crippen MR) is 352 cm³/mol. The number of carbonyl (C=O) groups excluding carboxylic acids is 3. The van der Waals surface area contributed by atoms with E-state index in [0.29, 0.717) is 19.3 Å². The first kappa shape index (κ1) is 75.8. The lowest BCUT2D eigenvalue weighted by atomic mass is 10.1. The van der Waals surface area contributed by atoms with E-state index in [-0.39, 0.29) is 31.1 Å². The van der Waals surface area contributed by atoms with Gasteiger partial charge in [0.05, 0.1) is 0 Å². The first-order chi connectivity index (χ1) is 40.0. The lowest BCUT2D eigenvalue weighted by molar-refractivity contribution is -0.167. The lowest BCUT2D eigenvalue weighted by Gasteiger charge is -2.18. The Morgan fingerprint density at radius 3 is 0.691 bits per heavy atom. The highest BCUT2D eigenvalue weighted by Crippen LogP contribution is 2.14. The Balaban J connectivity index is 4.52. The number of ether oxygens (including phenoxy) is 3. The van der Waals surface area contributed by atoms with E-state index in [1.807, 2.05) is 0 Å². The Hall–Kier alpha value is -5.23. The maximum atomic E-state index is 12.9. The maximum absolute atomic E-state index is 12.9. The van der Waals surface area contributed by atoms with E-state index < -0.39 is 6.10 Å². The van der Waals surface area contributed by atoms with E-state index in [1.165, 1.54) is 44.9 Å². The third-order valence-electron chi connectivity index (χ3n) is 13.2. The van der Waals surface area contributed by atoms with Gasteiger partial charge in [-0.1, -0.05) is 268 Å². The molecule has 6 heteroatoms. The first-order valence-electron chi connectivity index (χ1n) is 32.6. The van der Waals surface area contributed by atoms with Crippen LogP contribution >= 0.6 is 0 Å². The second-order valence-electron chi connectivity index (χ2n) is 20.9. The molecule has 0 rings (SSSR count). The summed E-state index contributed by atoms with van der Waals surface area (Å²) in [4.78, 5) is 38.4. The second-order valence-corrected chi connectivity index (χ2v) is 20.9. The van der Waals surface area contributed by atoms with Gasteiger partial charge in [-0.15, -0.1) is 0 Å². The summed E-state index contributed by atoms with van der Waals surface area (Å²) in [6.45, 7) is 6.26. The van der Waals surface area contributed by atoms with Crippen molar-refractivity contribution >= 4 is 17.9 Å². The Morgan fingerprint density at radius 1 is 0.247 bits per heavy atom. The van der Waals surface area contributed by atoms with Crippen molar-refractivity contribution < 1.29 is 28.6 Å². The molecule has 0 N–H and O–H groups in total. The van der Waals surface area contributed by atoms with Gasteiger partial charge in [0.1, 0.15) is 13.2 Å². The minimum absolute atomic E-state index is 0.105. The lowest BCUT2D eigenvalue weighted by Crippen LogP contribution is -2.30. The van der Waals surface area contributed by atoms with Crippen molar-refractivity contribution in [3.8, 4) is 0 Å². The minimum Gasteiger partial charge on any atom is -0.462 e. The quantitative estimate of drug-likeness (QED) is 0.0261. The van der Waals surface area contributed by atoms with E-state index in [1.54, 1.807) is 0 Å². The van der Waals surface area contributed by atoms with Gasteiger partial charge in [0, 0.05) is 19.3 Å². The molecule has 0 aromatic rings. The van der Waals surface area contributed by atoms with E-state index in [9.17, 15) is 14.4 Å². The number of hydrogen-bond donors (Lipinski definition) is 0. The maximum Gasteiger partial charge on any atom is 0.306 e. The van der Waals surface area contributed by atoms with Crippen molar-refractivity contribution in [1.82, 2.24) is 0 Å². The highest BCUT2D eigenvalue weighted by molar-refractivity contribution is 5.71. The molecule has 0 aliphatic rings. The third kappa shape index (κ3) is 65.5. The Bertz CT molecular complexity index is 1860. The van der Waals surface area contributed by atoms with Gasteiger partial charge in [-0.3, -0.25) is 14.4 Å². The number of esters is 3. The zero-order chi connectivity index (χ0) is 58.5. The highest BCUT2D eigenvalue weighted by Gasteiger charge is 2.19. The van der Waals surface area contributed by atoms with Crippen LogP contribution in [0.4, 0.5) is 0 Å². The molecular weight excluding hydrogens is 997 g/mol. The summed E-state index contributed by atoms with van der Waals surface area (Å²) in [5, 5.41) is 0. The molecule has 6 nitrogen and oxygen atoms in total. The van der Waals surface area contributed by atoms with Crippen LogP contribution in [0.2, 0.25) is 0 Å². The number of hydrogen-bond acceptors (Lipinski definition) is 6. The van der Waals surface area contributed by atoms with Crippen molar-refractivity contribution in [2.24, 2.45) is 0 Å². The molecule has 454 valence electrons. The van der Waals surface area contributed by atoms with Gasteiger partial charge in [0.15, 0.2) is 6.10 Å². The molecule has 0 saturated heterocycles. The van der Waals surface area contributed by atoms with Gasteiger partial charge in [-0.05, 0) is 148 Å². The average molecular weight is 1120 g/mol. The van der Waals surface area contributed by atoms with E-state index in [2.05, 4.69) is 191 Å². The van der Waals surface area contributed by atoms with Crippen molar-refractivity contribution in [2.75, 3.05) is 13.2 Å². The molecule has 0 aromatic carbocycles. The van der Waals surface area contributed by atoms with Gasteiger partial charge in [-0.2, -0.15) is 0 Å². The van der Waals surface area contributed by atoms with Crippen molar-refractivity contribution in [2.45, 2.75) is 271 Å². The van der Waals surface area contributed by atoms with Crippen LogP contribution in [0.15, 0.2) is 170 Å². The molecule has 81 heavy (non-hydrogen) atoms. The van der Waals surface area contributed by atoms with Gasteiger partial charge in [-0.25, -0.2) is 0 Å². The molecule has 1 atom stereocenters. The zero-order valence-corrected chi connectivity index (χ0v) is 52.0. The highest BCUT2D eigenvalue weighted by atomic mass is 16.6. The Labute approximate surface area is 498 Å². The molecule has 0 spiro atoms. The average Bonchev–Trinajstić information content (AvgIpc) is 3.47. The molecule has 0 radical (unpaired) electrons. The molecule has 0 fully saturated rings. The van der Waals surface area contributed by atoms with E-state index in [0.717, 1.165) is 180 Å². The Morgan fingerprint density at radius 2 is 0.444 bits per heavy atom. The number of allylic oxidation sites excluding steroid dienone is 28. The summed E-state index contributed by atoms with van der Waals surface area (Å²) in [7, 11) is 0. The second kappa shape index (κ2) is 67.3. The molecule has 0 bridgehead atoms. The smallest absolute Gasteiger partial charge is 0.306 e. The van der Waals surface area contributed by atoms with Gasteiger partial charge >= 0.3 is 17.9 Å². The summed E-state index contributed by atoms with van der Waals surface area (Å²) in [6, 6.07) is 0. The van der Waals surface area contributed by atoms with Crippen LogP contribution in [0.1, 0.15) is 265 Å². The Kier molecular flexibility index (Phi) is 62.9. The van der Waals surface area contributed by atoms with Crippen LogP contribution < -0.4 is 0 Å². The van der Waals surface area contributed by atoms with Crippen molar-refractivity contribution in [1.29, 1.82) is 0 Å². The normalized spacial score (nSPS) is 13.3. The number of rotatable bonds is 57. The van der Waals surface area contributed by atoms with Crippen LogP contribution in [0, 0.1) is 0 Å². The molecule has 0 saturated carbocycles. The largest absolute Gasteiger partial charge is 0.462 e. The molecule has 0 aromatic heterocycles. The third-order valence-corrected chi connectivity index (χ3v) is 13.2. The fourth-order valence-corrected chi connectivity index (χ4v) is 8.43. The van der Waals surface area contributed by atoms with Gasteiger partial charge in [0.25, 0.3) is 0 Å². The monoisotopic (exact) mass is 1110 g/mol. The molecular formula is C75H118O6. The molecule has 1 unspecified atom stereocenters. The summed E-state index contributed by atoms with van der Waals surface area (Å²) < 4.78 is 16.9. The topological polar surface area (TPSA) is 78.9 Å². The van der Waals surface area contributed by atoms with Gasteiger partial charge in [0.2, 0.25) is 0 Å². The fraction of sp³-hybridized carbons (Fsp3) is 0.587. The van der Waals surface area contributed by atoms with Crippen LogP contribution in [-0.4, -0.2) is 37.2 Å². The summed E-state index contributed by atoms with van der Waals surface area (Å²) in [5.74, 6) is -0.954. The molecule has 0 heterocycles. The molecule has 0 aliphatic carbocycles. The number of unbranched alkanes of at least 4 members (excludes halogenated alkanes) is 18. The van der Waals surface area contributed by atoms with Gasteiger partial charge < -0.3 is 14.2 Å². The van der Waals surface area contributed by atoms with E-state index >= 15 is 0 Å². The van der Waals surface area contributed by atoms with Crippen LogP contribution in [0.3, 0.4) is 0 Å². The molecule has 0 amide bonds. The fourth-order valence-electron chi connectivity index (χ4n) is 8.43. The summed E-state index contributed by atoms with van der Waals surface area (Å²) in [6.07, 6.45) is 99.2. The van der Waals surface area contributed by atoms with Crippen LogP contribution in [0.5, 0.6) is 0 Å². The van der Waals surface area contributed by atoms with Crippen LogP contribution in [0.25, 0.3) is 0 Å². The van der Waals surface area contributed by atoms with Crippen LogP contribution in [-0.2, 0) is 28.6 Å².